The first kappa shape index (κ1) is 16.2. The number of halogens is 2. The second kappa shape index (κ2) is 7.54. The number of rotatable bonds is 4. The molecule has 0 heterocycles. The van der Waals surface area contributed by atoms with Crippen molar-refractivity contribution in [3.8, 4) is 0 Å². The summed E-state index contributed by atoms with van der Waals surface area (Å²) in [5, 5.41) is 6.35. The van der Waals surface area contributed by atoms with Crippen LogP contribution in [-0.2, 0) is 4.79 Å². The van der Waals surface area contributed by atoms with Crippen LogP contribution in [0, 0.1) is 12.8 Å². The zero-order valence-electron chi connectivity index (χ0n) is 10.2. The van der Waals surface area contributed by atoms with Crippen LogP contribution in [0.25, 0.3) is 0 Å². The fourth-order valence-electron chi connectivity index (χ4n) is 1.38. The van der Waals surface area contributed by atoms with E-state index in [2.05, 4.69) is 10.6 Å². The molecule has 5 heteroatoms. The number of amides is 1. The first-order chi connectivity index (χ1) is 7.54. The molecule has 1 aromatic carbocycles. The Labute approximate surface area is 113 Å². The van der Waals surface area contributed by atoms with Gasteiger partial charge in [-0.1, -0.05) is 24.6 Å². The zero-order valence-corrected chi connectivity index (χ0v) is 11.8. The van der Waals surface area contributed by atoms with Crippen molar-refractivity contribution in [2.75, 3.05) is 18.9 Å². The number of benzene rings is 1. The number of anilines is 1. The van der Waals surface area contributed by atoms with Crippen molar-refractivity contribution < 1.29 is 4.79 Å². The third kappa shape index (κ3) is 4.94. The van der Waals surface area contributed by atoms with Crippen molar-refractivity contribution in [3.63, 3.8) is 0 Å². The molecule has 0 aliphatic carbocycles. The molecule has 0 radical (unpaired) electrons. The number of nitrogens with one attached hydrogen (secondary N) is 2. The Hall–Kier alpha value is -0.770. The molecule has 0 bridgehead atoms. The minimum Gasteiger partial charge on any atom is -0.324 e. The SMILES string of the molecule is CNCC(C)C(=O)Nc1ccc(C)cc1Cl.Cl. The molecule has 96 valence electrons. The number of aryl methyl sites for hydroxylation is 1. The zero-order chi connectivity index (χ0) is 12.1. The molecule has 3 nitrogen and oxygen atoms in total. The van der Waals surface area contributed by atoms with E-state index < -0.39 is 0 Å². The molecule has 1 aromatic rings. The average molecular weight is 277 g/mol. The van der Waals surface area contributed by atoms with Crippen LogP contribution in [0.4, 0.5) is 5.69 Å². The van der Waals surface area contributed by atoms with E-state index in [9.17, 15) is 4.79 Å². The summed E-state index contributed by atoms with van der Waals surface area (Å²) in [6, 6.07) is 5.58. The van der Waals surface area contributed by atoms with Crippen LogP contribution in [0.3, 0.4) is 0 Å². The predicted molar refractivity (Wildman–Crippen MR) is 75.2 cm³/mol. The third-order valence-corrected chi connectivity index (χ3v) is 2.65. The molecule has 0 aromatic heterocycles. The van der Waals surface area contributed by atoms with E-state index in [4.69, 9.17) is 11.6 Å². The molecule has 17 heavy (non-hydrogen) atoms. The Morgan fingerprint density at radius 2 is 2.12 bits per heavy atom. The van der Waals surface area contributed by atoms with E-state index in [1.165, 1.54) is 0 Å². The molecule has 0 spiro atoms. The maximum atomic E-state index is 11.7. The average Bonchev–Trinajstić information content (AvgIpc) is 2.22. The van der Waals surface area contributed by atoms with E-state index in [-0.39, 0.29) is 24.2 Å². The van der Waals surface area contributed by atoms with Crippen LogP contribution in [-0.4, -0.2) is 19.5 Å². The first-order valence-electron chi connectivity index (χ1n) is 5.26. The van der Waals surface area contributed by atoms with E-state index in [0.29, 0.717) is 17.3 Å². The van der Waals surface area contributed by atoms with Gasteiger partial charge < -0.3 is 10.6 Å². The highest BCUT2D eigenvalue weighted by Gasteiger charge is 2.13. The first-order valence-corrected chi connectivity index (χ1v) is 5.64. The lowest BCUT2D eigenvalue weighted by Crippen LogP contribution is -2.28. The van der Waals surface area contributed by atoms with Crippen molar-refractivity contribution in [2.45, 2.75) is 13.8 Å². The van der Waals surface area contributed by atoms with Crippen molar-refractivity contribution >= 4 is 35.6 Å². The van der Waals surface area contributed by atoms with Gasteiger partial charge in [0, 0.05) is 12.5 Å². The van der Waals surface area contributed by atoms with E-state index >= 15 is 0 Å². The summed E-state index contributed by atoms with van der Waals surface area (Å²) in [4.78, 5) is 11.7. The van der Waals surface area contributed by atoms with Crippen molar-refractivity contribution in [2.24, 2.45) is 5.92 Å². The van der Waals surface area contributed by atoms with Crippen molar-refractivity contribution in [1.82, 2.24) is 5.32 Å². The van der Waals surface area contributed by atoms with Crippen molar-refractivity contribution in [3.05, 3.63) is 28.8 Å². The monoisotopic (exact) mass is 276 g/mol. The summed E-state index contributed by atoms with van der Waals surface area (Å²) in [7, 11) is 1.82. The predicted octanol–water partition coefficient (Wildman–Crippen LogP) is 2.86. The van der Waals surface area contributed by atoms with Crippen LogP contribution in [0.1, 0.15) is 12.5 Å². The molecular formula is C12H18Cl2N2O. The Kier molecular flexibility index (Phi) is 7.19. The van der Waals surface area contributed by atoms with Crippen LogP contribution < -0.4 is 10.6 Å². The second-order valence-corrected chi connectivity index (χ2v) is 4.34. The molecular weight excluding hydrogens is 259 g/mol. The topological polar surface area (TPSA) is 41.1 Å². The fraction of sp³-hybridized carbons (Fsp3) is 0.417. The summed E-state index contributed by atoms with van der Waals surface area (Å²) in [5.74, 6) is -0.109. The van der Waals surface area contributed by atoms with Gasteiger partial charge in [-0.05, 0) is 31.7 Å². The van der Waals surface area contributed by atoms with Crippen LogP contribution >= 0.6 is 24.0 Å². The van der Waals surface area contributed by atoms with Gasteiger partial charge in [-0.2, -0.15) is 0 Å². The molecule has 1 rings (SSSR count). The minimum absolute atomic E-state index is 0. The lowest BCUT2D eigenvalue weighted by atomic mass is 10.1. The van der Waals surface area contributed by atoms with Gasteiger partial charge in [0.1, 0.15) is 0 Å². The lowest BCUT2D eigenvalue weighted by Gasteiger charge is -2.12. The number of hydrogen-bond acceptors (Lipinski definition) is 2. The molecule has 1 unspecified atom stereocenters. The Bertz CT molecular complexity index is 383. The summed E-state index contributed by atoms with van der Waals surface area (Å²) >= 11 is 6.03. The van der Waals surface area contributed by atoms with Gasteiger partial charge in [0.05, 0.1) is 10.7 Å². The fourth-order valence-corrected chi connectivity index (χ4v) is 1.66. The van der Waals surface area contributed by atoms with Gasteiger partial charge in [-0.25, -0.2) is 0 Å². The Morgan fingerprint density at radius 1 is 1.47 bits per heavy atom. The van der Waals surface area contributed by atoms with Crippen LogP contribution in [0.15, 0.2) is 18.2 Å². The highest BCUT2D eigenvalue weighted by atomic mass is 35.5. The normalized spacial score (nSPS) is 11.5. The highest BCUT2D eigenvalue weighted by molar-refractivity contribution is 6.33. The van der Waals surface area contributed by atoms with Gasteiger partial charge in [-0.3, -0.25) is 4.79 Å². The third-order valence-electron chi connectivity index (χ3n) is 2.34. The quantitative estimate of drug-likeness (QED) is 0.888. The maximum absolute atomic E-state index is 11.7. The van der Waals surface area contributed by atoms with Crippen LogP contribution in [0.5, 0.6) is 0 Å². The largest absolute Gasteiger partial charge is 0.324 e. The van der Waals surface area contributed by atoms with E-state index in [0.717, 1.165) is 5.56 Å². The minimum atomic E-state index is -0.0811. The number of carbonyl (C=O) groups excluding carboxylic acids is 1. The summed E-state index contributed by atoms with van der Waals surface area (Å²) in [5.41, 5.74) is 1.74. The number of carbonyl (C=O) groups is 1. The van der Waals surface area contributed by atoms with Crippen molar-refractivity contribution in [1.29, 1.82) is 0 Å². The van der Waals surface area contributed by atoms with Gasteiger partial charge >= 0.3 is 0 Å². The summed E-state index contributed by atoms with van der Waals surface area (Å²) in [6.45, 7) is 4.48. The Morgan fingerprint density at radius 3 is 2.65 bits per heavy atom. The van der Waals surface area contributed by atoms with Gasteiger partial charge in [0.15, 0.2) is 0 Å². The van der Waals surface area contributed by atoms with Gasteiger partial charge in [0.25, 0.3) is 0 Å². The molecule has 2 N–H and O–H groups in total. The Balaban J connectivity index is 0.00000256. The van der Waals surface area contributed by atoms with E-state index in [1.54, 1.807) is 0 Å². The standard InChI is InChI=1S/C12H17ClN2O.ClH/c1-8-4-5-11(10(13)6-8)15-12(16)9(2)7-14-3;/h4-6,9,14H,7H2,1-3H3,(H,15,16);1H. The summed E-state index contributed by atoms with van der Waals surface area (Å²) in [6.07, 6.45) is 0. The summed E-state index contributed by atoms with van der Waals surface area (Å²) < 4.78 is 0. The molecule has 1 amide bonds. The van der Waals surface area contributed by atoms with Gasteiger partial charge in [0.2, 0.25) is 5.91 Å². The molecule has 0 fully saturated rings. The maximum Gasteiger partial charge on any atom is 0.228 e. The molecule has 0 saturated carbocycles. The van der Waals surface area contributed by atoms with E-state index in [1.807, 2.05) is 39.1 Å². The van der Waals surface area contributed by atoms with Crippen LogP contribution in [0.2, 0.25) is 5.02 Å². The van der Waals surface area contributed by atoms with Gasteiger partial charge in [-0.15, -0.1) is 12.4 Å². The molecule has 0 saturated heterocycles. The highest BCUT2D eigenvalue weighted by Crippen LogP contribution is 2.23. The molecule has 1 atom stereocenters. The second-order valence-electron chi connectivity index (χ2n) is 3.93. The molecule has 0 aliphatic rings. The lowest BCUT2D eigenvalue weighted by molar-refractivity contribution is -0.119. The molecule has 0 aliphatic heterocycles. The smallest absolute Gasteiger partial charge is 0.228 e. The number of hydrogen-bond donors (Lipinski definition) is 2.